The van der Waals surface area contributed by atoms with E-state index in [4.69, 9.17) is 15.2 Å². The van der Waals surface area contributed by atoms with Gasteiger partial charge in [0.05, 0.1) is 18.1 Å². The molecule has 0 aromatic heterocycles. The van der Waals surface area contributed by atoms with E-state index in [0.29, 0.717) is 36.4 Å². The van der Waals surface area contributed by atoms with Gasteiger partial charge in [-0.2, -0.15) is 0 Å². The summed E-state index contributed by atoms with van der Waals surface area (Å²) >= 11 is 0. The van der Waals surface area contributed by atoms with Crippen molar-refractivity contribution in [3.63, 3.8) is 0 Å². The standard InChI is InChI=1S/C20H23NO4/c1-3-15(12-14-6-5-7-17(21)13-14)20(23)25-18-10-8-16(9-11-18)19(22)24-4-2/h5-11,13,15H,3-4,12,21H2,1-2H3. The van der Waals surface area contributed by atoms with E-state index < -0.39 is 5.97 Å². The molecular weight excluding hydrogens is 318 g/mol. The molecule has 0 radical (unpaired) electrons. The predicted molar refractivity (Wildman–Crippen MR) is 96.4 cm³/mol. The molecule has 0 aliphatic carbocycles. The number of esters is 2. The second kappa shape index (κ2) is 8.87. The van der Waals surface area contributed by atoms with Gasteiger partial charge >= 0.3 is 11.9 Å². The van der Waals surface area contributed by atoms with E-state index >= 15 is 0 Å². The molecule has 0 fully saturated rings. The summed E-state index contributed by atoms with van der Waals surface area (Å²) in [6.07, 6.45) is 1.23. The quantitative estimate of drug-likeness (QED) is 0.473. The molecular formula is C20H23NO4. The van der Waals surface area contributed by atoms with E-state index in [-0.39, 0.29) is 11.9 Å². The normalized spacial score (nSPS) is 11.6. The third kappa shape index (κ3) is 5.35. The van der Waals surface area contributed by atoms with Crippen molar-refractivity contribution in [3.8, 4) is 5.75 Å². The number of carbonyl (C=O) groups is 2. The molecule has 5 heteroatoms. The lowest BCUT2D eigenvalue weighted by Gasteiger charge is -2.14. The molecule has 2 rings (SSSR count). The van der Waals surface area contributed by atoms with Gasteiger partial charge in [-0.15, -0.1) is 0 Å². The largest absolute Gasteiger partial charge is 0.462 e. The lowest BCUT2D eigenvalue weighted by Crippen LogP contribution is -2.22. The van der Waals surface area contributed by atoms with Crippen molar-refractivity contribution in [1.82, 2.24) is 0 Å². The molecule has 0 aliphatic heterocycles. The van der Waals surface area contributed by atoms with Crippen molar-refractivity contribution in [1.29, 1.82) is 0 Å². The van der Waals surface area contributed by atoms with Crippen LogP contribution in [0.1, 0.15) is 36.2 Å². The van der Waals surface area contributed by atoms with Crippen LogP contribution in [0.5, 0.6) is 5.75 Å². The van der Waals surface area contributed by atoms with Crippen LogP contribution in [0.4, 0.5) is 5.69 Å². The number of nitrogen functional groups attached to an aromatic ring is 1. The van der Waals surface area contributed by atoms with Gasteiger partial charge in [-0.25, -0.2) is 4.79 Å². The Morgan fingerprint density at radius 1 is 1.08 bits per heavy atom. The van der Waals surface area contributed by atoms with E-state index in [1.807, 2.05) is 31.2 Å². The summed E-state index contributed by atoms with van der Waals surface area (Å²) in [4.78, 5) is 24.0. The van der Waals surface area contributed by atoms with Crippen LogP contribution < -0.4 is 10.5 Å². The summed E-state index contributed by atoms with van der Waals surface area (Å²) in [7, 11) is 0. The molecule has 2 aromatic carbocycles. The second-order valence-electron chi connectivity index (χ2n) is 5.72. The Morgan fingerprint density at radius 3 is 2.40 bits per heavy atom. The SMILES string of the molecule is CCOC(=O)c1ccc(OC(=O)C(CC)Cc2cccc(N)c2)cc1. The highest BCUT2D eigenvalue weighted by atomic mass is 16.5. The lowest BCUT2D eigenvalue weighted by molar-refractivity contribution is -0.139. The van der Waals surface area contributed by atoms with Crippen LogP contribution in [0.2, 0.25) is 0 Å². The number of hydrogen-bond donors (Lipinski definition) is 1. The van der Waals surface area contributed by atoms with E-state index in [9.17, 15) is 9.59 Å². The highest BCUT2D eigenvalue weighted by molar-refractivity contribution is 5.89. The molecule has 0 saturated carbocycles. The number of rotatable bonds is 7. The minimum Gasteiger partial charge on any atom is -0.462 e. The first-order valence-corrected chi connectivity index (χ1v) is 8.36. The molecule has 25 heavy (non-hydrogen) atoms. The minimum absolute atomic E-state index is 0.258. The minimum atomic E-state index is -0.395. The highest BCUT2D eigenvalue weighted by Gasteiger charge is 2.19. The summed E-state index contributed by atoms with van der Waals surface area (Å²) in [5, 5.41) is 0. The van der Waals surface area contributed by atoms with Crippen LogP contribution in [0, 0.1) is 5.92 Å². The van der Waals surface area contributed by atoms with Crippen LogP contribution >= 0.6 is 0 Å². The third-order valence-electron chi connectivity index (χ3n) is 3.84. The van der Waals surface area contributed by atoms with Crippen molar-refractivity contribution in [2.24, 2.45) is 5.92 Å². The number of hydrogen-bond acceptors (Lipinski definition) is 5. The van der Waals surface area contributed by atoms with Crippen LogP contribution in [-0.2, 0) is 16.0 Å². The maximum atomic E-state index is 12.4. The third-order valence-corrected chi connectivity index (χ3v) is 3.84. The Labute approximate surface area is 147 Å². The van der Waals surface area contributed by atoms with E-state index in [1.54, 1.807) is 31.2 Å². The van der Waals surface area contributed by atoms with E-state index in [0.717, 1.165) is 5.56 Å². The Morgan fingerprint density at radius 2 is 1.80 bits per heavy atom. The van der Waals surface area contributed by atoms with Gasteiger partial charge in [0, 0.05) is 5.69 Å². The van der Waals surface area contributed by atoms with Crippen LogP contribution in [0.25, 0.3) is 0 Å². The maximum absolute atomic E-state index is 12.4. The molecule has 2 N–H and O–H groups in total. The van der Waals surface area contributed by atoms with Gasteiger partial charge in [-0.05, 0) is 61.7 Å². The molecule has 0 heterocycles. The van der Waals surface area contributed by atoms with Gasteiger partial charge in [0.15, 0.2) is 0 Å². The fourth-order valence-corrected chi connectivity index (χ4v) is 2.47. The smallest absolute Gasteiger partial charge is 0.338 e. The molecule has 0 aliphatic rings. The molecule has 1 unspecified atom stereocenters. The van der Waals surface area contributed by atoms with Crippen molar-refractivity contribution in [2.45, 2.75) is 26.7 Å². The second-order valence-corrected chi connectivity index (χ2v) is 5.72. The van der Waals surface area contributed by atoms with Crippen LogP contribution in [-0.4, -0.2) is 18.5 Å². The van der Waals surface area contributed by atoms with E-state index in [2.05, 4.69) is 0 Å². The fourth-order valence-electron chi connectivity index (χ4n) is 2.47. The summed E-state index contributed by atoms with van der Waals surface area (Å²) in [5.74, 6) is -0.544. The van der Waals surface area contributed by atoms with Gasteiger partial charge in [-0.3, -0.25) is 4.79 Å². The highest BCUT2D eigenvalue weighted by Crippen LogP contribution is 2.19. The molecule has 1 atom stereocenters. The Balaban J connectivity index is 2.00. The van der Waals surface area contributed by atoms with Crippen molar-refractivity contribution >= 4 is 17.6 Å². The van der Waals surface area contributed by atoms with Gasteiger partial charge in [-0.1, -0.05) is 19.1 Å². The van der Waals surface area contributed by atoms with Gasteiger partial charge in [0.2, 0.25) is 0 Å². The average Bonchev–Trinajstić information content (AvgIpc) is 2.60. The first-order chi connectivity index (χ1) is 12.0. The molecule has 2 aromatic rings. The monoisotopic (exact) mass is 341 g/mol. The molecule has 132 valence electrons. The number of ether oxygens (including phenoxy) is 2. The first kappa shape index (κ1) is 18.5. The molecule has 0 amide bonds. The molecule has 0 bridgehead atoms. The van der Waals surface area contributed by atoms with Gasteiger partial charge in [0.25, 0.3) is 0 Å². The summed E-state index contributed by atoms with van der Waals surface area (Å²) in [6, 6.07) is 13.9. The topological polar surface area (TPSA) is 78.6 Å². The number of nitrogens with two attached hydrogens (primary N) is 1. The van der Waals surface area contributed by atoms with Gasteiger partial charge < -0.3 is 15.2 Å². The fraction of sp³-hybridized carbons (Fsp3) is 0.300. The Bertz CT molecular complexity index is 725. The zero-order valence-electron chi connectivity index (χ0n) is 14.5. The summed E-state index contributed by atoms with van der Waals surface area (Å²) in [6.45, 7) is 4.01. The van der Waals surface area contributed by atoms with Crippen molar-refractivity contribution < 1.29 is 19.1 Å². The predicted octanol–water partition coefficient (Wildman–Crippen LogP) is 3.62. The first-order valence-electron chi connectivity index (χ1n) is 8.36. The lowest BCUT2D eigenvalue weighted by atomic mass is 9.97. The number of benzene rings is 2. The van der Waals surface area contributed by atoms with Gasteiger partial charge in [0.1, 0.15) is 5.75 Å². The average molecular weight is 341 g/mol. The summed E-state index contributed by atoms with van der Waals surface area (Å²) in [5.41, 5.74) is 7.88. The zero-order valence-corrected chi connectivity index (χ0v) is 14.5. The zero-order chi connectivity index (χ0) is 18.2. The maximum Gasteiger partial charge on any atom is 0.338 e. The van der Waals surface area contributed by atoms with Crippen molar-refractivity contribution in [3.05, 3.63) is 59.7 Å². The van der Waals surface area contributed by atoms with Crippen LogP contribution in [0.3, 0.4) is 0 Å². The van der Waals surface area contributed by atoms with Crippen LogP contribution in [0.15, 0.2) is 48.5 Å². The van der Waals surface area contributed by atoms with E-state index in [1.165, 1.54) is 0 Å². The molecule has 0 spiro atoms. The van der Waals surface area contributed by atoms with Crippen molar-refractivity contribution in [2.75, 3.05) is 12.3 Å². The Kier molecular flexibility index (Phi) is 6.57. The number of anilines is 1. The summed E-state index contributed by atoms with van der Waals surface area (Å²) < 4.78 is 10.4. The Hall–Kier alpha value is -2.82. The number of carbonyl (C=O) groups excluding carboxylic acids is 2. The molecule has 5 nitrogen and oxygen atoms in total. The molecule has 0 saturated heterocycles.